The molecule has 2 N–H and O–H groups in total. The number of halogens is 3. The average molecular weight is 223 g/mol. The summed E-state index contributed by atoms with van der Waals surface area (Å²) < 4.78 is 43.1. The molecule has 1 saturated heterocycles. The fourth-order valence-electron chi connectivity index (χ4n) is 2.92. The summed E-state index contributed by atoms with van der Waals surface area (Å²) >= 11 is 0. The van der Waals surface area contributed by atoms with Gasteiger partial charge in [0.25, 0.3) is 0 Å². The maximum atomic E-state index is 12.6. The minimum atomic E-state index is -4.13. The molecule has 2 rings (SSSR count). The Morgan fingerprint density at radius 3 is 2.53 bits per heavy atom. The molecule has 15 heavy (non-hydrogen) atoms. The predicted octanol–water partition coefficient (Wildman–Crippen LogP) is 1.94. The summed E-state index contributed by atoms with van der Waals surface area (Å²) in [6.45, 7) is 2.55. The van der Waals surface area contributed by atoms with Crippen LogP contribution in [0.5, 0.6) is 0 Å². The fraction of sp³-hybridized carbons (Fsp3) is 1.00. The molecule has 0 aromatic heterocycles. The van der Waals surface area contributed by atoms with Gasteiger partial charge in [-0.05, 0) is 18.8 Å². The normalized spacial score (nSPS) is 46.6. The summed E-state index contributed by atoms with van der Waals surface area (Å²) in [5.74, 6) is -0.873. The van der Waals surface area contributed by atoms with E-state index in [1.807, 2.05) is 6.92 Å². The maximum absolute atomic E-state index is 12.6. The van der Waals surface area contributed by atoms with Crippen molar-refractivity contribution in [2.45, 2.75) is 38.1 Å². The molecule has 0 unspecified atom stereocenters. The average Bonchev–Trinajstić information content (AvgIpc) is 2.46. The van der Waals surface area contributed by atoms with Crippen molar-refractivity contribution in [1.82, 2.24) is 0 Å². The number of rotatable bonds is 0. The zero-order valence-corrected chi connectivity index (χ0v) is 8.63. The van der Waals surface area contributed by atoms with E-state index in [1.54, 1.807) is 0 Å². The lowest BCUT2D eigenvalue weighted by molar-refractivity contribution is -0.194. The van der Waals surface area contributed by atoms with Gasteiger partial charge in [0.05, 0.1) is 12.0 Å². The number of hydrogen-bond donors (Lipinski definition) is 1. The van der Waals surface area contributed by atoms with Crippen molar-refractivity contribution in [3.05, 3.63) is 0 Å². The molecule has 0 aromatic carbocycles. The standard InChI is InChI=1S/C10H16F3NO/c1-5-4-15-8-3-6(10(11,12)13)2-7(14)9(5)8/h5-9H,2-4,14H2,1H3/t5-,6-,7+,8+,9+/m0/s1. The van der Waals surface area contributed by atoms with Crippen LogP contribution in [-0.2, 0) is 4.74 Å². The van der Waals surface area contributed by atoms with Crippen LogP contribution in [0, 0.1) is 17.8 Å². The van der Waals surface area contributed by atoms with Gasteiger partial charge >= 0.3 is 6.18 Å². The van der Waals surface area contributed by atoms with Crippen molar-refractivity contribution < 1.29 is 17.9 Å². The largest absolute Gasteiger partial charge is 0.391 e. The van der Waals surface area contributed by atoms with Crippen LogP contribution >= 0.6 is 0 Å². The molecule has 1 saturated carbocycles. The lowest BCUT2D eigenvalue weighted by Crippen LogP contribution is -2.48. The summed E-state index contributed by atoms with van der Waals surface area (Å²) in [6.07, 6.45) is -4.27. The SMILES string of the molecule is C[C@H]1CO[C@@H]2C[C@@H](C(F)(F)F)C[C@@H](N)[C@@H]12. The zero-order valence-electron chi connectivity index (χ0n) is 8.63. The van der Waals surface area contributed by atoms with E-state index in [2.05, 4.69) is 0 Å². The van der Waals surface area contributed by atoms with E-state index in [0.717, 1.165) is 0 Å². The third kappa shape index (κ3) is 1.99. The second-order valence-corrected chi connectivity index (χ2v) is 4.80. The lowest BCUT2D eigenvalue weighted by atomic mass is 9.73. The molecule has 1 aliphatic heterocycles. The first kappa shape index (κ1) is 11.2. The first-order chi connectivity index (χ1) is 6.89. The van der Waals surface area contributed by atoms with Crippen molar-refractivity contribution in [1.29, 1.82) is 0 Å². The molecule has 0 radical (unpaired) electrons. The number of nitrogens with two attached hydrogens (primary N) is 1. The van der Waals surface area contributed by atoms with Gasteiger partial charge in [-0.25, -0.2) is 0 Å². The van der Waals surface area contributed by atoms with Crippen molar-refractivity contribution in [3.8, 4) is 0 Å². The van der Waals surface area contributed by atoms with E-state index in [-0.39, 0.29) is 30.9 Å². The Morgan fingerprint density at radius 1 is 1.27 bits per heavy atom. The van der Waals surface area contributed by atoms with Gasteiger partial charge < -0.3 is 10.5 Å². The quantitative estimate of drug-likeness (QED) is 0.681. The zero-order chi connectivity index (χ0) is 11.2. The Morgan fingerprint density at radius 2 is 1.93 bits per heavy atom. The van der Waals surface area contributed by atoms with Crippen LogP contribution in [0.2, 0.25) is 0 Å². The molecule has 2 fully saturated rings. The van der Waals surface area contributed by atoms with Gasteiger partial charge in [0.15, 0.2) is 0 Å². The minimum Gasteiger partial charge on any atom is -0.378 e. The highest BCUT2D eigenvalue weighted by molar-refractivity contribution is 4.96. The second kappa shape index (κ2) is 3.63. The summed E-state index contributed by atoms with van der Waals surface area (Å²) in [7, 11) is 0. The smallest absolute Gasteiger partial charge is 0.378 e. The molecule has 2 nitrogen and oxygen atoms in total. The maximum Gasteiger partial charge on any atom is 0.391 e. The lowest BCUT2D eigenvalue weighted by Gasteiger charge is -2.37. The molecule has 0 bridgehead atoms. The Kier molecular flexibility index (Phi) is 2.71. The monoisotopic (exact) mass is 223 g/mol. The Bertz CT molecular complexity index is 243. The van der Waals surface area contributed by atoms with Gasteiger partial charge in [-0.15, -0.1) is 0 Å². The van der Waals surface area contributed by atoms with E-state index in [9.17, 15) is 13.2 Å². The van der Waals surface area contributed by atoms with Crippen LogP contribution in [0.3, 0.4) is 0 Å². The summed E-state index contributed by atoms with van der Waals surface area (Å²) in [5.41, 5.74) is 5.82. The molecular formula is C10H16F3NO. The molecule has 2 aliphatic rings. The molecule has 0 amide bonds. The van der Waals surface area contributed by atoms with Crippen LogP contribution in [0.15, 0.2) is 0 Å². The predicted molar refractivity (Wildman–Crippen MR) is 49.1 cm³/mol. The second-order valence-electron chi connectivity index (χ2n) is 4.80. The van der Waals surface area contributed by atoms with Gasteiger partial charge in [-0.1, -0.05) is 6.92 Å². The number of ether oxygens (including phenoxy) is 1. The molecule has 88 valence electrons. The first-order valence-electron chi connectivity index (χ1n) is 5.33. The van der Waals surface area contributed by atoms with Gasteiger partial charge in [-0.3, -0.25) is 0 Å². The summed E-state index contributed by atoms with van der Waals surface area (Å²) in [6, 6.07) is -0.368. The van der Waals surface area contributed by atoms with Crippen LogP contribution in [0.25, 0.3) is 0 Å². The highest BCUT2D eigenvalue weighted by Crippen LogP contribution is 2.44. The highest BCUT2D eigenvalue weighted by Gasteiger charge is 2.51. The van der Waals surface area contributed by atoms with Gasteiger partial charge in [0.1, 0.15) is 0 Å². The van der Waals surface area contributed by atoms with E-state index in [0.29, 0.717) is 12.5 Å². The van der Waals surface area contributed by atoms with Crippen molar-refractivity contribution in [2.24, 2.45) is 23.5 Å². The molecule has 1 aliphatic carbocycles. The molecule has 1 heterocycles. The van der Waals surface area contributed by atoms with Crippen LogP contribution in [0.1, 0.15) is 19.8 Å². The van der Waals surface area contributed by atoms with Gasteiger partial charge in [-0.2, -0.15) is 13.2 Å². The third-order valence-electron chi connectivity index (χ3n) is 3.69. The molecule has 0 aromatic rings. The van der Waals surface area contributed by atoms with Crippen LogP contribution in [-0.4, -0.2) is 24.9 Å². The van der Waals surface area contributed by atoms with Crippen LogP contribution in [0.4, 0.5) is 13.2 Å². The van der Waals surface area contributed by atoms with E-state index < -0.39 is 12.1 Å². The summed E-state index contributed by atoms with van der Waals surface area (Å²) in [5, 5.41) is 0. The fourth-order valence-corrected chi connectivity index (χ4v) is 2.92. The van der Waals surface area contributed by atoms with Gasteiger partial charge in [0, 0.05) is 18.6 Å². The Balaban J connectivity index is 2.09. The topological polar surface area (TPSA) is 35.2 Å². The molecule has 5 heteroatoms. The van der Waals surface area contributed by atoms with Crippen molar-refractivity contribution >= 4 is 0 Å². The van der Waals surface area contributed by atoms with E-state index in [4.69, 9.17) is 10.5 Å². The summed E-state index contributed by atoms with van der Waals surface area (Å²) in [4.78, 5) is 0. The Hall–Kier alpha value is -0.290. The number of hydrogen-bond acceptors (Lipinski definition) is 2. The Labute approximate surface area is 87.0 Å². The van der Waals surface area contributed by atoms with E-state index in [1.165, 1.54) is 0 Å². The van der Waals surface area contributed by atoms with E-state index >= 15 is 0 Å². The first-order valence-corrected chi connectivity index (χ1v) is 5.33. The van der Waals surface area contributed by atoms with Crippen LogP contribution < -0.4 is 5.73 Å². The van der Waals surface area contributed by atoms with Crippen molar-refractivity contribution in [2.75, 3.05) is 6.61 Å². The molecule has 5 atom stereocenters. The molecular weight excluding hydrogens is 207 g/mol. The molecule has 0 spiro atoms. The van der Waals surface area contributed by atoms with Crippen molar-refractivity contribution in [3.63, 3.8) is 0 Å². The minimum absolute atomic E-state index is 0.0539. The number of alkyl halides is 3. The van der Waals surface area contributed by atoms with Gasteiger partial charge in [0.2, 0.25) is 0 Å². The highest BCUT2D eigenvalue weighted by atomic mass is 19.4. The third-order valence-corrected chi connectivity index (χ3v) is 3.69. The number of fused-ring (bicyclic) bond motifs is 1.